The van der Waals surface area contributed by atoms with Crippen LogP contribution in [0.15, 0.2) is 17.0 Å². The minimum absolute atomic E-state index is 0.0173. The number of hydrogen-bond acceptors (Lipinski definition) is 3. The second-order valence-electron chi connectivity index (χ2n) is 5.62. The van der Waals surface area contributed by atoms with Gasteiger partial charge in [0, 0.05) is 0 Å². The third kappa shape index (κ3) is 6.76. The van der Waals surface area contributed by atoms with Crippen LogP contribution in [0.3, 0.4) is 0 Å². The normalized spacial score (nSPS) is 14.5. The van der Waals surface area contributed by atoms with Crippen molar-refractivity contribution in [3.8, 4) is 0 Å². The van der Waals surface area contributed by atoms with Crippen molar-refractivity contribution in [1.82, 2.24) is 4.98 Å². The van der Waals surface area contributed by atoms with Crippen molar-refractivity contribution in [2.75, 3.05) is 0 Å². The number of unbranched alkanes of at least 4 members (excludes halogenated alkanes) is 4. The van der Waals surface area contributed by atoms with Gasteiger partial charge in [0.1, 0.15) is 12.4 Å². The van der Waals surface area contributed by atoms with Crippen LogP contribution < -0.4 is 0 Å². The summed E-state index contributed by atoms with van der Waals surface area (Å²) in [7, 11) is 0. The van der Waals surface area contributed by atoms with E-state index in [1.807, 2.05) is 0 Å². The van der Waals surface area contributed by atoms with Gasteiger partial charge < -0.3 is 9.15 Å². The molecule has 1 rings (SSSR count). The molecule has 110 valence electrons. The Kier molecular flexibility index (Phi) is 7.80. The Balaban J connectivity index is 2.38. The van der Waals surface area contributed by atoms with Crippen LogP contribution in [0.2, 0.25) is 0 Å². The molecule has 3 heteroatoms. The lowest BCUT2D eigenvalue weighted by Gasteiger charge is -2.30. The van der Waals surface area contributed by atoms with Gasteiger partial charge in [0.05, 0.1) is 11.8 Å². The van der Waals surface area contributed by atoms with E-state index in [4.69, 9.17) is 9.15 Å². The molecule has 19 heavy (non-hydrogen) atoms. The van der Waals surface area contributed by atoms with Gasteiger partial charge in [0.2, 0.25) is 0 Å². The zero-order valence-corrected chi connectivity index (χ0v) is 12.8. The first-order valence-electron chi connectivity index (χ1n) is 7.71. The summed E-state index contributed by atoms with van der Waals surface area (Å²) >= 11 is 0. The fourth-order valence-corrected chi connectivity index (χ4v) is 2.30. The number of rotatable bonds is 11. The molecule has 0 saturated carbocycles. The lowest BCUT2D eigenvalue weighted by molar-refractivity contribution is -0.0631. The average Bonchev–Trinajstić information content (AvgIpc) is 2.93. The highest BCUT2D eigenvalue weighted by Gasteiger charge is 2.24. The Labute approximate surface area is 117 Å². The first-order chi connectivity index (χ1) is 9.20. The first kappa shape index (κ1) is 16.2. The number of oxazole rings is 1. The molecule has 0 spiro atoms. The van der Waals surface area contributed by atoms with E-state index in [1.165, 1.54) is 44.9 Å². The van der Waals surface area contributed by atoms with Crippen LogP contribution in [0.4, 0.5) is 0 Å². The van der Waals surface area contributed by atoms with Gasteiger partial charge in [-0.25, -0.2) is 4.98 Å². The summed E-state index contributed by atoms with van der Waals surface area (Å²) in [6.07, 6.45) is 13.1. The molecule has 1 atom stereocenters. The summed E-state index contributed by atoms with van der Waals surface area (Å²) in [5.41, 5.74) is -0.0173. The van der Waals surface area contributed by atoms with Gasteiger partial charge in [-0.1, -0.05) is 52.4 Å². The topological polar surface area (TPSA) is 35.3 Å². The summed E-state index contributed by atoms with van der Waals surface area (Å²) < 4.78 is 11.4. The largest absolute Gasteiger partial charge is 0.446 e. The quantitative estimate of drug-likeness (QED) is 0.522. The molecule has 0 aliphatic carbocycles. The molecule has 0 aromatic carbocycles. The molecule has 1 heterocycles. The van der Waals surface area contributed by atoms with Crippen LogP contribution in [0.25, 0.3) is 0 Å². The van der Waals surface area contributed by atoms with E-state index >= 15 is 0 Å². The molecule has 3 nitrogen and oxygen atoms in total. The standard InChI is InChI=1S/C16H29NO2/c1-4-6-8-9-11-16(3,10-7-5-2)19-13-15-12-17-14-18-15/h12,14H,4-11,13H2,1-3H3. The smallest absolute Gasteiger partial charge is 0.180 e. The van der Waals surface area contributed by atoms with E-state index in [0.717, 1.165) is 18.6 Å². The molecule has 1 unspecified atom stereocenters. The zero-order chi connectivity index (χ0) is 14.0. The summed E-state index contributed by atoms with van der Waals surface area (Å²) in [6, 6.07) is 0. The van der Waals surface area contributed by atoms with Crippen LogP contribution in [0.5, 0.6) is 0 Å². The van der Waals surface area contributed by atoms with E-state index in [9.17, 15) is 0 Å². The van der Waals surface area contributed by atoms with Gasteiger partial charge in [0.25, 0.3) is 0 Å². The fraction of sp³-hybridized carbons (Fsp3) is 0.812. The van der Waals surface area contributed by atoms with E-state index in [1.54, 1.807) is 6.20 Å². The van der Waals surface area contributed by atoms with Crippen LogP contribution >= 0.6 is 0 Å². The highest BCUT2D eigenvalue weighted by atomic mass is 16.5. The van der Waals surface area contributed by atoms with Gasteiger partial charge in [0.15, 0.2) is 6.39 Å². The molecule has 0 bridgehead atoms. The number of ether oxygens (including phenoxy) is 1. The lowest BCUT2D eigenvalue weighted by Crippen LogP contribution is -2.28. The fourth-order valence-electron chi connectivity index (χ4n) is 2.30. The molecule has 1 aromatic rings. The summed E-state index contributed by atoms with van der Waals surface area (Å²) in [4.78, 5) is 3.92. The predicted octanol–water partition coefficient (Wildman–Crippen LogP) is 5.11. The molecule has 0 radical (unpaired) electrons. The second kappa shape index (κ2) is 9.13. The van der Waals surface area contributed by atoms with Crippen molar-refractivity contribution in [3.63, 3.8) is 0 Å². The van der Waals surface area contributed by atoms with Crippen LogP contribution in [0.1, 0.15) is 77.9 Å². The molecule has 0 aliphatic rings. The monoisotopic (exact) mass is 267 g/mol. The Morgan fingerprint density at radius 1 is 1.11 bits per heavy atom. The minimum Gasteiger partial charge on any atom is -0.446 e. The molecule has 0 aliphatic heterocycles. The third-order valence-electron chi connectivity index (χ3n) is 3.66. The maximum atomic E-state index is 6.12. The third-order valence-corrected chi connectivity index (χ3v) is 3.66. The molecular formula is C16H29NO2. The van der Waals surface area contributed by atoms with Gasteiger partial charge in [-0.05, 0) is 19.8 Å². The van der Waals surface area contributed by atoms with Gasteiger partial charge in [-0.2, -0.15) is 0 Å². The van der Waals surface area contributed by atoms with Crippen LogP contribution in [-0.4, -0.2) is 10.6 Å². The highest BCUT2D eigenvalue weighted by Crippen LogP contribution is 2.27. The van der Waals surface area contributed by atoms with Crippen molar-refractivity contribution in [3.05, 3.63) is 18.4 Å². The molecule has 0 N–H and O–H groups in total. The van der Waals surface area contributed by atoms with Crippen molar-refractivity contribution in [1.29, 1.82) is 0 Å². The van der Waals surface area contributed by atoms with E-state index < -0.39 is 0 Å². The van der Waals surface area contributed by atoms with Gasteiger partial charge in [-0.3, -0.25) is 0 Å². The highest BCUT2D eigenvalue weighted by molar-refractivity contribution is 4.86. The minimum atomic E-state index is -0.0173. The Morgan fingerprint density at radius 2 is 1.84 bits per heavy atom. The lowest BCUT2D eigenvalue weighted by atomic mass is 9.92. The van der Waals surface area contributed by atoms with Crippen molar-refractivity contribution < 1.29 is 9.15 Å². The Bertz CT molecular complexity index is 311. The van der Waals surface area contributed by atoms with Crippen molar-refractivity contribution >= 4 is 0 Å². The molecule has 0 amide bonds. The maximum Gasteiger partial charge on any atom is 0.180 e. The number of aromatic nitrogens is 1. The average molecular weight is 267 g/mol. The Hall–Kier alpha value is -0.830. The molecule has 1 aromatic heterocycles. The molecule has 0 saturated heterocycles. The van der Waals surface area contributed by atoms with Gasteiger partial charge in [-0.15, -0.1) is 0 Å². The number of hydrogen-bond donors (Lipinski definition) is 0. The van der Waals surface area contributed by atoms with E-state index in [0.29, 0.717) is 6.61 Å². The zero-order valence-electron chi connectivity index (χ0n) is 12.8. The molecular weight excluding hydrogens is 238 g/mol. The van der Waals surface area contributed by atoms with E-state index in [-0.39, 0.29) is 5.60 Å². The summed E-state index contributed by atoms with van der Waals surface area (Å²) in [5.74, 6) is 0.816. The summed E-state index contributed by atoms with van der Waals surface area (Å²) in [6.45, 7) is 7.25. The Morgan fingerprint density at radius 3 is 2.47 bits per heavy atom. The first-order valence-corrected chi connectivity index (χ1v) is 7.71. The molecule has 0 fully saturated rings. The van der Waals surface area contributed by atoms with Crippen LogP contribution in [0, 0.1) is 0 Å². The predicted molar refractivity (Wildman–Crippen MR) is 78.0 cm³/mol. The van der Waals surface area contributed by atoms with Crippen molar-refractivity contribution in [2.24, 2.45) is 0 Å². The van der Waals surface area contributed by atoms with Gasteiger partial charge >= 0.3 is 0 Å². The SMILES string of the molecule is CCCCCCC(C)(CCCC)OCc1cnco1. The maximum absolute atomic E-state index is 6.12. The second-order valence-corrected chi connectivity index (χ2v) is 5.62. The number of nitrogens with zero attached hydrogens (tertiary/aromatic N) is 1. The van der Waals surface area contributed by atoms with Crippen molar-refractivity contribution in [2.45, 2.75) is 84.3 Å². The van der Waals surface area contributed by atoms with Crippen LogP contribution in [-0.2, 0) is 11.3 Å². The summed E-state index contributed by atoms with van der Waals surface area (Å²) in [5, 5.41) is 0. The van der Waals surface area contributed by atoms with E-state index in [2.05, 4.69) is 25.8 Å².